The smallest absolute Gasteiger partial charge is 0.229 e. The van der Waals surface area contributed by atoms with Gasteiger partial charge < -0.3 is 10.2 Å². The lowest BCUT2D eigenvalue weighted by molar-refractivity contribution is 0.986. The first-order valence-corrected chi connectivity index (χ1v) is 7.76. The third-order valence-corrected chi connectivity index (χ3v) is 4.26. The van der Waals surface area contributed by atoms with Crippen molar-refractivity contribution in [3.63, 3.8) is 0 Å². The monoisotopic (exact) mass is 356 g/mol. The number of hydrogen-bond donors (Lipinski definition) is 1. The van der Waals surface area contributed by atoms with Crippen LogP contribution in [-0.2, 0) is 0 Å². The Kier molecular flexibility index (Phi) is 3.15. The number of halogens is 1. The van der Waals surface area contributed by atoms with E-state index in [-0.39, 0.29) is 0 Å². The SMILES string of the molecule is Cc1ccncc1Nc1ncc2c(n1)N1CCN=C1C(Br)=C2. The summed E-state index contributed by atoms with van der Waals surface area (Å²) in [6, 6.07) is 1.95. The van der Waals surface area contributed by atoms with Crippen LogP contribution in [0, 0.1) is 6.92 Å². The molecule has 7 heteroatoms. The molecule has 0 bridgehead atoms. The highest BCUT2D eigenvalue weighted by molar-refractivity contribution is 9.12. The van der Waals surface area contributed by atoms with Gasteiger partial charge >= 0.3 is 0 Å². The molecule has 0 saturated heterocycles. The number of hydrogen-bond acceptors (Lipinski definition) is 6. The maximum Gasteiger partial charge on any atom is 0.229 e. The summed E-state index contributed by atoms with van der Waals surface area (Å²) in [5, 5.41) is 3.23. The molecule has 2 aromatic heterocycles. The van der Waals surface area contributed by atoms with Crippen LogP contribution in [0.4, 0.5) is 17.5 Å². The van der Waals surface area contributed by atoms with Crippen molar-refractivity contribution in [1.29, 1.82) is 0 Å². The fourth-order valence-corrected chi connectivity index (χ4v) is 3.12. The van der Waals surface area contributed by atoms with Crippen molar-refractivity contribution in [3.8, 4) is 0 Å². The molecule has 0 aromatic carbocycles. The minimum absolute atomic E-state index is 0.563. The number of amidine groups is 1. The van der Waals surface area contributed by atoms with E-state index in [1.54, 1.807) is 12.4 Å². The predicted octanol–water partition coefficient (Wildman–Crippen LogP) is 2.89. The van der Waals surface area contributed by atoms with Gasteiger partial charge in [-0.3, -0.25) is 9.98 Å². The average Bonchev–Trinajstić information content (AvgIpc) is 3.01. The van der Waals surface area contributed by atoms with Crippen molar-refractivity contribution in [2.24, 2.45) is 4.99 Å². The second-order valence-electron chi connectivity index (χ2n) is 5.14. The molecule has 2 aromatic rings. The largest absolute Gasteiger partial charge is 0.323 e. The van der Waals surface area contributed by atoms with Crippen LogP contribution in [-0.4, -0.2) is 33.9 Å². The van der Waals surface area contributed by atoms with Gasteiger partial charge in [0.2, 0.25) is 5.95 Å². The van der Waals surface area contributed by atoms with Crippen LogP contribution in [0.2, 0.25) is 0 Å². The molecule has 1 N–H and O–H groups in total. The molecule has 0 saturated carbocycles. The number of nitrogens with one attached hydrogen (secondary N) is 1. The fourth-order valence-electron chi connectivity index (χ4n) is 2.53. The van der Waals surface area contributed by atoms with E-state index in [1.807, 2.05) is 25.3 Å². The van der Waals surface area contributed by atoms with E-state index in [9.17, 15) is 0 Å². The van der Waals surface area contributed by atoms with E-state index in [0.717, 1.165) is 46.0 Å². The van der Waals surface area contributed by atoms with Gasteiger partial charge in [0, 0.05) is 24.5 Å². The third kappa shape index (κ3) is 2.18. The van der Waals surface area contributed by atoms with Crippen molar-refractivity contribution in [1.82, 2.24) is 15.0 Å². The van der Waals surface area contributed by atoms with Gasteiger partial charge in [-0.1, -0.05) is 0 Å². The van der Waals surface area contributed by atoms with Crippen LogP contribution < -0.4 is 10.2 Å². The van der Waals surface area contributed by atoms with Crippen molar-refractivity contribution >= 4 is 45.3 Å². The second-order valence-corrected chi connectivity index (χ2v) is 5.99. The first kappa shape index (κ1) is 13.4. The van der Waals surface area contributed by atoms with E-state index in [1.165, 1.54) is 0 Å². The van der Waals surface area contributed by atoms with Gasteiger partial charge in [0.25, 0.3) is 0 Å². The summed E-state index contributed by atoms with van der Waals surface area (Å²) in [7, 11) is 0. The van der Waals surface area contributed by atoms with Gasteiger partial charge in [-0.2, -0.15) is 4.98 Å². The summed E-state index contributed by atoms with van der Waals surface area (Å²) in [6.07, 6.45) is 7.38. The number of aryl methyl sites for hydroxylation is 1. The minimum Gasteiger partial charge on any atom is -0.323 e. The summed E-state index contributed by atoms with van der Waals surface area (Å²) in [6.45, 7) is 3.65. The molecular formula is C15H13BrN6. The summed E-state index contributed by atoms with van der Waals surface area (Å²) >= 11 is 3.56. The number of anilines is 3. The van der Waals surface area contributed by atoms with Crippen molar-refractivity contribution in [2.45, 2.75) is 6.92 Å². The first-order valence-electron chi connectivity index (χ1n) is 6.96. The second kappa shape index (κ2) is 5.17. The van der Waals surface area contributed by atoms with Crippen molar-refractivity contribution < 1.29 is 0 Å². The molecule has 0 spiro atoms. The summed E-state index contributed by atoms with van der Waals surface area (Å²) in [5.41, 5.74) is 2.99. The van der Waals surface area contributed by atoms with Crippen LogP contribution in [0.1, 0.15) is 11.1 Å². The van der Waals surface area contributed by atoms with Gasteiger partial charge in [0.05, 0.1) is 22.9 Å². The Labute approximate surface area is 136 Å². The molecule has 0 unspecified atom stereocenters. The molecule has 0 radical (unpaired) electrons. The molecule has 110 valence electrons. The lowest BCUT2D eigenvalue weighted by Crippen LogP contribution is -2.31. The quantitative estimate of drug-likeness (QED) is 0.895. The van der Waals surface area contributed by atoms with Gasteiger partial charge in [-0.25, -0.2) is 4.98 Å². The topological polar surface area (TPSA) is 66.3 Å². The van der Waals surface area contributed by atoms with E-state index >= 15 is 0 Å². The molecule has 0 aliphatic carbocycles. The fraction of sp³-hybridized carbons (Fsp3) is 0.200. The van der Waals surface area contributed by atoms with Gasteiger partial charge in [-0.15, -0.1) is 0 Å². The molecule has 22 heavy (non-hydrogen) atoms. The number of rotatable bonds is 2. The zero-order valence-corrected chi connectivity index (χ0v) is 13.5. The van der Waals surface area contributed by atoms with Crippen LogP contribution in [0.5, 0.6) is 0 Å². The summed E-state index contributed by atoms with van der Waals surface area (Å²) in [5.74, 6) is 2.39. The number of aliphatic imine (C=N–C) groups is 1. The van der Waals surface area contributed by atoms with E-state index < -0.39 is 0 Å². The maximum absolute atomic E-state index is 4.66. The third-order valence-electron chi connectivity index (χ3n) is 3.67. The molecule has 0 atom stereocenters. The molecule has 2 aliphatic rings. The Morgan fingerprint density at radius 1 is 1.32 bits per heavy atom. The molecule has 4 heterocycles. The van der Waals surface area contributed by atoms with Gasteiger partial charge in [-0.05, 0) is 40.6 Å². The highest BCUT2D eigenvalue weighted by atomic mass is 79.9. The Hall–Kier alpha value is -2.28. The van der Waals surface area contributed by atoms with Gasteiger partial charge in [0.1, 0.15) is 11.7 Å². The maximum atomic E-state index is 4.66. The lowest BCUT2D eigenvalue weighted by Gasteiger charge is -2.25. The Morgan fingerprint density at radius 2 is 2.23 bits per heavy atom. The Bertz CT molecular complexity index is 813. The number of nitrogens with zero attached hydrogens (tertiary/aromatic N) is 5. The number of aromatic nitrogens is 3. The molecule has 4 rings (SSSR count). The van der Waals surface area contributed by atoms with Crippen LogP contribution in [0.25, 0.3) is 6.08 Å². The minimum atomic E-state index is 0.563. The van der Waals surface area contributed by atoms with Crippen LogP contribution in [0.15, 0.2) is 34.1 Å². The molecular weight excluding hydrogens is 344 g/mol. The average molecular weight is 357 g/mol. The zero-order chi connectivity index (χ0) is 15.1. The van der Waals surface area contributed by atoms with E-state index in [2.05, 4.69) is 46.1 Å². The normalized spacial score (nSPS) is 15.8. The van der Waals surface area contributed by atoms with Crippen LogP contribution in [0.3, 0.4) is 0 Å². The van der Waals surface area contributed by atoms with Crippen molar-refractivity contribution in [2.75, 3.05) is 23.3 Å². The van der Waals surface area contributed by atoms with E-state index in [4.69, 9.17) is 0 Å². The van der Waals surface area contributed by atoms with Gasteiger partial charge in [0.15, 0.2) is 0 Å². The molecule has 0 fully saturated rings. The number of fused-ring (bicyclic) bond motifs is 3. The molecule has 0 amide bonds. The first-order chi connectivity index (χ1) is 10.7. The van der Waals surface area contributed by atoms with Crippen molar-refractivity contribution in [3.05, 3.63) is 40.3 Å². The van der Waals surface area contributed by atoms with Crippen LogP contribution >= 0.6 is 15.9 Å². The Balaban J connectivity index is 1.72. The summed E-state index contributed by atoms with van der Waals surface area (Å²) < 4.78 is 0.977. The highest BCUT2D eigenvalue weighted by Gasteiger charge is 2.28. The highest BCUT2D eigenvalue weighted by Crippen LogP contribution is 2.33. The predicted molar refractivity (Wildman–Crippen MR) is 90.8 cm³/mol. The Morgan fingerprint density at radius 3 is 3.09 bits per heavy atom. The zero-order valence-electron chi connectivity index (χ0n) is 11.9. The summed E-state index contributed by atoms with van der Waals surface area (Å²) in [4.78, 5) is 19.8. The number of pyridine rings is 1. The molecule has 6 nitrogen and oxygen atoms in total. The standard InChI is InChI=1S/C15H13BrN6/c1-9-2-3-17-8-12(9)20-15-19-7-10-6-11(16)14-18-4-5-22(14)13(10)21-15/h2-3,6-8H,4-5H2,1H3,(H,19,20,21). The molecule has 2 aliphatic heterocycles. The lowest BCUT2D eigenvalue weighted by atomic mass is 10.2. The van der Waals surface area contributed by atoms with E-state index in [0.29, 0.717) is 5.95 Å².